The summed E-state index contributed by atoms with van der Waals surface area (Å²) in [5, 5.41) is 4.54. The van der Waals surface area contributed by atoms with Crippen LogP contribution in [-0.4, -0.2) is 31.2 Å². The lowest BCUT2D eigenvalue weighted by Crippen LogP contribution is -2.43. The minimum Gasteiger partial charge on any atom is -0.346 e. The average Bonchev–Trinajstić information content (AvgIpc) is 2.69. The van der Waals surface area contributed by atoms with E-state index in [1.807, 2.05) is 11.3 Å². The van der Waals surface area contributed by atoms with Crippen LogP contribution in [0.3, 0.4) is 0 Å². The van der Waals surface area contributed by atoms with Crippen LogP contribution in [0, 0.1) is 12.8 Å². The molecule has 1 aliphatic rings. The predicted molar refractivity (Wildman–Crippen MR) is 75.8 cm³/mol. The summed E-state index contributed by atoms with van der Waals surface area (Å²) in [7, 11) is 0. The summed E-state index contributed by atoms with van der Waals surface area (Å²) in [5.74, 6) is 0.596. The standard InChI is InChI=1S/C13H21N3S/c1-10(2)4-5-12-11(3)15-13(17-12)16-8-6-14-7-9-16/h4-5,10,14H,6-9H2,1-3H3/b5-4-. The van der Waals surface area contributed by atoms with Crippen molar-refractivity contribution in [2.75, 3.05) is 31.1 Å². The monoisotopic (exact) mass is 251 g/mol. The maximum Gasteiger partial charge on any atom is 0.186 e. The third-order valence-electron chi connectivity index (χ3n) is 2.84. The first kappa shape index (κ1) is 12.6. The lowest BCUT2D eigenvalue weighted by Gasteiger charge is -2.26. The maximum atomic E-state index is 4.68. The Morgan fingerprint density at radius 3 is 2.71 bits per heavy atom. The summed E-state index contributed by atoms with van der Waals surface area (Å²) in [6, 6.07) is 0. The third-order valence-corrected chi connectivity index (χ3v) is 4.02. The normalized spacial score (nSPS) is 17.3. The van der Waals surface area contributed by atoms with Crippen molar-refractivity contribution in [3.05, 3.63) is 16.6 Å². The molecule has 4 heteroatoms. The first-order chi connectivity index (χ1) is 8.16. The number of rotatable bonds is 3. The molecule has 0 unspecified atom stereocenters. The smallest absolute Gasteiger partial charge is 0.186 e. The molecule has 1 N–H and O–H groups in total. The van der Waals surface area contributed by atoms with Crippen molar-refractivity contribution in [3.8, 4) is 0 Å². The van der Waals surface area contributed by atoms with Gasteiger partial charge >= 0.3 is 0 Å². The largest absolute Gasteiger partial charge is 0.346 e. The van der Waals surface area contributed by atoms with Gasteiger partial charge in [0.15, 0.2) is 5.13 Å². The number of aromatic nitrogens is 1. The Bertz CT molecular complexity index is 389. The van der Waals surface area contributed by atoms with E-state index in [2.05, 4.69) is 48.1 Å². The molecule has 0 atom stereocenters. The van der Waals surface area contributed by atoms with E-state index in [0.717, 1.165) is 31.9 Å². The fraction of sp³-hybridized carbons (Fsp3) is 0.615. The highest BCUT2D eigenvalue weighted by atomic mass is 32.1. The van der Waals surface area contributed by atoms with E-state index in [4.69, 9.17) is 0 Å². The maximum absolute atomic E-state index is 4.68. The number of piperazine rings is 1. The van der Waals surface area contributed by atoms with Crippen molar-refractivity contribution in [2.45, 2.75) is 20.8 Å². The molecule has 0 spiro atoms. The van der Waals surface area contributed by atoms with E-state index in [0.29, 0.717) is 5.92 Å². The van der Waals surface area contributed by atoms with Crippen LogP contribution in [0.2, 0.25) is 0 Å². The van der Waals surface area contributed by atoms with Gasteiger partial charge in [-0.3, -0.25) is 0 Å². The summed E-state index contributed by atoms with van der Waals surface area (Å²) in [6.45, 7) is 10.8. The molecule has 1 aromatic rings. The molecule has 94 valence electrons. The van der Waals surface area contributed by atoms with Gasteiger partial charge in [0.25, 0.3) is 0 Å². The Kier molecular flexibility index (Phi) is 4.18. The highest BCUT2D eigenvalue weighted by molar-refractivity contribution is 7.16. The summed E-state index contributed by atoms with van der Waals surface area (Å²) in [4.78, 5) is 8.35. The highest BCUT2D eigenvalue weighted by Gasteiger charge is 2.15. The van der Waals surface area contributed by atoms with Crippen molar-refractivity contribution in [1.82, 2.24) is 10.3 Å². The van der Waals surface area contributed by atoms with Crippen LogP contribution in [0.25, 0.3) is 6.08 Å². The Balaban J connectivity index is 2.12. The Morgan fingerprint density at radius 1 is 1.35 bits per heavy atom. The summed E-state index contributed by atoms with van der Waals surface area (Å²) in [6.07, 6.45) is 4.45. The molecule has 17 heavy (non-hydrogen) atoms. The molecule has 3 nitrogen and oxygen atoms in total. The first-order valence-corrected chi connectivity index (χ1v) is 7.10. The van der Waals surface area contributed by atoms with Crippen LogP contribution >= 0.6 is 11.3 Å². The molecule has 2 rings (SSSR count). The molecule has 1 fully saturated rings. The second-order valence-corrected chi connectivity index (χ2v) is 5.80. The van der Waals surface area contributed by atoms with E-state index in [9.17, 15) is 0 Å². The van der Waals surface area contributed by atoms with Crippen LogP contribution in [-0.2, 0) is 0 Å². The van der Waals surface area contributed by atoms with Crippen LogP contribution < -0.4 is 10.2 Å². The lowest BCUT2D eigenvalue weighted by molar-refractivity contribution is 0.588. The van der Waals surface area contributed by atoms with Gasteiger partial charge in [0.2, 0.25) is 0 Å². The molecule has 0 saturated carbocycles. The molecular formula is C13H21N3S. The third kappa shape index (κ3) is 3.30. The average molecular weight is 251 g/mol. The minimum atomic E-state index is 0.596. The molecule has 1 aliphatic heterocycles. The van der Waals surface area contributed by atoms with Gasteiger partial charge in [0.05, 0.1) is 10.6 Å². The number of nitrogens with zero attached hydrogens (tertiary/aromatic N) is 2. The Labute approximate surface area is 108 Å². The van der Waals surface area contributed by atoms with Gasteiger partial charge in [-0.2, -0.15) is 0 Å². The van der Waals surface area contributed by atoms with Gasteiger partial charge in [-0.15, -0.1) is 0 Å². The van der Waals surface area contributed by atoms with E-state index in [1.54, 1.807) is 0 Å². The predicted octanol–water partition coefficient (Wildman–Crippen LogP) is 2.53. The number of aryl methyl sites for hydroxylation is 1. The van der Waals surface area contributed by atoms with E-state index < -0.39 is 0 Å². The lowest BCUT2D eigenvalue weighted by atomic mass is 10.2. The molecule has 1 aromatic heterocycles. The van der Waals surface area contributed by atoms with Gasteiger partial charge in [-0.05, 0) is 18.9 Å². The van der Waals surface area contributed by atoms with Gasteiger partial charge in [-0.25, -0.2) is 4.98 Å². The molecule has 2 heterocycles. The van der Waals surface area contributed by atoms with Crippen LogP contribution in [0.15, 0.2) is 6.08 Å². The zero-order valence-corrected chi connectivity index (χ0v) is 11.7. The zero-order valence-electron chi connectivity index (χ0n) is 10.9. The van der Waals surface area contributed by atoms with Gasteiger partial charge < -0.3 is 10.2 Å². The van der Waals surface area contributed by atoms with Gasteiger partial charge in [0.1, 0.15) is 0 Å². The van der Waals surface area contributed by atoms with Gasteiger partial charge in [-0.1, -0.05) is 31.3 Å². The van der Waals surface area contributed by atoms with Crippen molar-refractivity contribution in [3.63, 3.8) is 0 Å². The number of thiazole rings is 1. The molecule has 1 saturated heterocycles. The molecule has 0 aliphatic carbocycles. The topological polar surface area (TPSA) is 28.2 Å². The first-order valence-electron chi connectivity index (χ1n) is 6.28. The van der Waals surface area contributed by atoms with E-state index in [1.165, 1.54) is 10.0 Å². The number of nitrogens with one attached hydrogen (secondary N) is 1. The fourth-order valence-corrected chi connectivity index (χ4v) is 2.85. The van der Waals surface area contributed by atoms with Crippen LogP contribution in [0.4, 0.5) is 5.13 Å². The Hall–Kier alpha value is -0.870. The number of anilines is 1. The van der Waals surface area contributed by atoms with E-state index in [-0.39, 0.29) is 0 Å². The number of allylic oxidation sites excluding steroid dienone is 1. The van der Waals surface area contributed by atoms with Gasteiger partial charge in [0, 0.05) is 26.2 Å². The summed E-state index contributed by atoms with van der Waals surface area (Å²) in [5.41, 5.74) is 1.15. The number of hydrogen-bond donors (Lipinski definition) is 1. The molecule has 0 amide bonds. The second-order valence-electron chi connectivity index (χ2n) is 4.79. The van der Waals surface area contributed by atoms with Crippen LogP contribution in [0.5, 0.6) is 0 Å². The summed E-state index contributed by atoms with van der Waals surface area (Å²) < 4.78 is 0. The van der Waals surface area contributed by atoms with E-state index >= 15 is 0 Å². The highest BCUT2D eigenvalue weighted by Crippen LogP contribution is 2.27. The SMILES string of the molecule is Cc1nc(N2CCNCC2)sc1/C=C\C(C)C. The molecule has 0 aromatic carbocycles. The number of hydrogen-bond acceptors (Lipinski definition) is 4. The zero-order chi connectivity index (χ0) is 12.3. The van der Waals surface area contributed by atoms with Crippen molar-refractivity contribution in [2.24, 2.45) is 5.92 Å². The minimum absolute atomic E-state index is 0.596. The fourth-order valence-electron chi connectivity index (χ4n) is 1.82. The Morgan fingerprint density at radius 2 is 2.06 bits per heavy atom. The molecule has 0 radical (unpaired) electrons. The quantitative estimate of drug-likeness (QED) is 0.895. The van der Waals surface area contributed by atoms with Crippen molar-refractivity contribution >= 4 is 22.5 Å². The van der Waals surface area contributed by atoms with Crippen molar-refractivity contribution < 1.29 is 0 Å². The van der Waals surface area contributed by atoms with Crippen molar-refractivity contribution in [1.29, 1.82) is 0 Å². The van der Waals surface area contributed by atoms with Crippen LogP contribution in [0.1, 0.15) is 24.4 Å². The second kappa shape index (κ2) is 5.65. The molecule has 0 bridgehead atoms. The summed E-state index contributed by atoms with van der Waals surface area (Å²) >= 11 is 1.81. The molecular weight excluding hydrogens is 230 g/mol.